The largest absolute Gasteiger partial charge is 0.497 e. The molecule has 2 aromatic rings. The number of ether oxygens (including phenoxy) is 2. The smallest absolute Gasteiger partial charge is 0.129 e. The molecule has 0 radical (unpaired) electrons. The molecule has 0 fully saturated rings. The lowest BCUT2D eigenvalue weighted by molar-refractivity contribution is 0.393. The van der Waals surface area contributed by atoms with Gasteiger partial charge in [0.1, 0.15) is 11.5 Å². The van der Waals surface area contributed by atoms with Crippen molar-refractivity contribution < 1.29 is 9.47 Å². The fourth-order valence-electron chi connectivity index (χ4n) is 2.83. The Morgan fingerprint density at radius 2 is 1.96 bits per heavy atom. The third kappa shape index (κ3) is 3.48. The summed E-state index contributed by atoms with van der Waals surface area (Å²) >= 11 is 0. The predicted octanol–water partition coefficient (Wildman–Crippen LogP) is 4.07. The molecule has 4 nitrogen and oxygen atoms in total. The van der Waals surface area contributed by atoms with Gasteiger partial charge in [-0.15, -0.1) is 0 Å². The lowest BCUT2D eigenvalue weighted by Gasteiger charge is -2.17. The summed E-state index contributed by atoms with van der Waals surface area (Å²) in [6, 6.07) is 9.98. The lowest BCUT2D eigenvalue weighted by Crippen LogP contribution is -2.12. The monoisotopic (exact) mass is 322 g/mol. The Morgan fingerprint density at radius 1 is 1.08 bits per heavy atom. The minimum Gasteiger partial charge on any atom is -0.497 e. The number of aromatic nitrogens is 1. The molecule has 0 bridgehead atoms. The summed E-state index contributed by atoms with van der Waals surface area (Å²) < 4.78 is 10.8. The van der Waals surface area contributed by atoms with Crippen LogP contribution in [-0.4, -0.2) is 31.5 Å². The van der Waals surface area contributed by atoms with E-state index in [2.05, 4.69) is 17.1 Å². The second-order valence-electron chi connectivity index (χ2n) is 5.80. The molecule has 1 aliphatic rings. The molecule has 0 atom stereocenters. The van der Waals surface area contributed by atoms with Crippen molar-refractivity contribution in [3.05, 3.63) is 58.9 Å². The molecule has 1 aromatic heterocycles. The molecule has 0 amide bonds. The minimum atomic E-state index is 0.786. The van der Waals surface area contributed by atoms with E-state index in [4.69, 9.17) is 14.5 Å². The van der Waals surface area contributed by atoms with Crippen LogP contribution in [0.4, 0.5) is 0 Å². The fourth-order valence-corrected chi connectivity index (χ4v) is 2.83. The Kier molecular flexibility index (Phi) is 4.94. The molecule has 1 aliphatic heterocycles. The number of aliphatic imine (C=N–C) groups is 1. The van der Waals surface area contributed by atoms with E-state index in [0.717, 1.165) is 53.4 Å². The first-order valence-corrected chi connectivity index (χ1v) is 8.11. The van der Waals surface area contributed by atoms with Gasteiger partial charge in [0.2, 0.25) is 0 Å². The second-order valence-corrected chi connectivity index (χ2v) is 5.80. The van der Waals surface area contributed by atoms with Crippen molar-refractivity contribution >= 4 is 11.8 Å². The molecule has 0 unspecified atom stereocenters. The first kappa shape index (κ1) is 16.2. The summed E-state index contributed by atoms with van der Waals surface area (Å²) in [5.74, 6) is 1.59. The average Bonchev–Trinajstić information content (AvgIpc) is 2.63. The number of methoxy groups -OCH3 is 2. The summed E-state index contributed by atoms with van der Waals surface area (Å²) in [6.07, 6.45) is 6.13. The molecular formula is C20H22N2O2. The van der Waals surface area contributed by atoms with Crippen LogP contribution in [0.5, 0.6) is 11.5 Å². The van der Waals surface area contributed by atoms with Gasteiger partial charge in [-0.2, -0.15) is 0 Å². The minimum absolute atomic E-state index is 0.786. The molecule has 0 saturated carbocycles. The van der Waals surface area contributed by atoms with Gasteiger partial charge in [0, 0.05) is 35.6 Å². The molecule has 124 valence electrons. The van der Waals surface area contributed by atoms with Crippen LogP contribution in [0.25, 0.3) is 6.08 Å². The van der Waals surface area contributed by atoms with Crippen molar-refractivity contribution in [1.29, 1.82) is 0 Å². The van der Waals surface area contributed by atoms with Gasteiger partial charge in [-0.05, 0) is 55.7 Å². The molecule has 3 rings (SSSR count). The number of pyridine rings is 1. The van der Waals surface area contributed by atoms with Crippen LogP contribution < -0.4 is 9.47 Å². The van der Waals surface area contributed by atoms with Crippen molar-refractivity contribution in [2.24, 2.45) is 4.99 Å². The van der Waals surface area contributed by atoms with Gasteiger partial charge in [0.15, 0.2) is 0 Å². The zero-order valence-corrected chi connectivity index (χ0v) is 14.4. The van der Waals surface area contributed by atoms with Crippen molar-refractivity contribution in [3.63, 3.8) is 0 Å². The predicted molar refractivity (Wildman–Crippen MR) is 97.1 cm³/mol. The molecule has 2 heterocycles. The molecule has 0 saturated heterocycles. The third-order valence-corrected chi connectivity index (χ3v) is 4.13. The van der Waals surface area contributed by atoms with E-state index in [0.29, 0.717) is 0 Å². The number of hydrogen-bond donors (Lipinski definition) is 0. The first-order valence-electron chi connectivity index (χ1n) is 8.11. The Bertz CT molecular complexity index is 777. The topological polar surface area (TPSA) is 43.7 Å². The van der Waals surface area contributed by atoms with Crippen molar-refractivity contribution in [3.8, 4) is 11.5 Å². The zero-order valence-electron chi connectivity index (χ0n) is 14.4. The SMILES string of the molecule is COc1ccc(/C=C2\CCCN=C2c2ccc(C)nc2)c(OC)c1. The highest BCUT2D eigenvalue weighted by Gasteiger charge is 2.15. The van der Waals surface area contributed by atoms with E-state index in [-0.39, 0.29) is 0 Å². The summed E-state index contributed by atoms with van der Waals surface area (Å²) in [7, 11) is 3.33. The number of benzene rings is 1. The molecule has 0 aliphatic carbocycles. The van der Waals surface area contributed by atoms with Gasteiger partial charge in [0.25, 0.3) is 0 Å². The van der Waals surface area contributed by atoms with Crippen LogP contribution in [0.1, 0.15) is 29.7 Å². The highest BCUT2D eigenvalue weighted by molar-refractivity contribution is 6.15. The highest BCUT2D eigenvalue weighted by atomic mass is 16.5. The second kappa shape index (κ2) is 7.30. The number of allylic oxidation sites excluding steroid dienone is 1. The van der Waals surface area contributed by atoms with E-state index < -0.39 is 0 Å². The summed E-state index contributed by atoms with van der Waals surface area (Å²) in [6.45, 7) is 2.85. The molecule has 0 spiro atoms. The summed E-state index contributed by atoms with van der Waals surface area (Å²) in [5.41, 5.74) is 5.36. The maximum absolute atomic E-state index is 5.51. The van der Waals surface area contributed by atoms with Crippen LogP contribution in [-0.2, 0) is 0 Å². The Balaban J connectivity index is 2.00. The average molecular weight is 322 g/mol. The quantitative estimate of drug-likeness (QED) is 0.852. The lowest BCUT2D eigenvalue weighted by atomic mass is 9.94. The van der Waals surface area contributed by atoms with Gasteiger partial charge >= 0.3 is 0 Å². The van der Waals surface area contributed by atoms with Gasteiger partial charge in [-0.3, -0.25) is 9.98 Å². The van der Waals surface area contributed by atoms with E-state index in [1.165, 1.54) is 5.57 Å². The summed E-state index contributed by atoms with van der Waals surface area (Å²) in [4.78, 5) is 9.14. The Hall–Kier alpha value is -2.62. The maximum Gasteiger partial charge on any atom is 0.129 e. The van der Waals surface area contributed by atoms with E-state index in [1.54, 1.807) is 14.2 Å². The molecule has 24 heavy (non-hydrogen) atoms. The molecule has 0 N–H and O–H groups in total. The number of hydrogen-bond acceptors (Lipinski definition) is 4. The van der Waals surface area contributed by atoms with E-state index >= 15 is 0 Å². The van der Waals surface area contributed by atoms with Crippen molar-refractivity contribution in [2.45, 2.75) is 19.8 Å². The molecule has 4 heteroatoms. The van der Waals surface area contributed by atoms with Crippen LogP contribution in [0, 0.1) is 6.92 Å². The number of rotatable bonds is 4. The van der Waals surface area contributed by atoms with Gasteiger partial charge < -0.3 is 9.47 Å². The van der Waals surface area contributed by atoms with Gasteiger partial charge in [0.05, 0.1) is 19.9 Å². The van der Waals surface area contributed by atoms with E-state index in [1.807, 2.05) is 37.4 Å². The van der Waals surface area contributed by atoms with Crippen LogP contribution in [0.3, 0.4) is 0 Å². The van der Waals surface area contributed by atoms with E-state index in [9.17, 15) is 0 Å². The number of nitrogens with zero attached hydrogens (tertiary/aromatic N) is 2. The Labute approximate surface area is 142 Å². The molecular weight excluding hydrogens is 300 g/mol. The van der Waals surface area contributed by atoms with Crippen molar-refractivity contribution in [2.75, 3.05) is 20.8 Å². The fraction of sp³-hybridized carbons (Fsp3) is 0.300. The van der Waals surface area contributed by atoms with Crippen LogP contribution in [0.15, 0.2) is 47.1 Å². The van der Waals surface area contributed by atoms with Crippen LogP contribution in [0.2, 0.25) is 0 Å². The molecule has 1 aromatic carbocycles. The normalized spacial score (nSPS) is 16.0. The third-order valence-electron chi connectivity index (χ3n) is 4.13. The van der Waals surface area contributed by atoms with Crippen LogP contribution >= 0.6 is 0 Å². The van der Waals surface area contributed by atoms with Gasteiger partial charge in [-0.25, -0.2) is 0 Å². The van der Waals surface area contributed by atoms with Gasteiger partial charge in [-0.1, -0.05) is 0 Å². The highest BCUT2D eigenvalue weighted by Crippen LogP contribution is 2.29. The first-order chi connectivity index (χ1) is 11.7. The van der Waals surface area contributed by atoms with Crippen molar-refractivity contribution in [1.82, 2.24) is 4.98 Å². The number of aryl methyl sites for hydroxylation is 1. The maximum atomic E-state index is 5.51. The zero-order chi connectivity index (χ0) is 16.9. The summed E-state index contributed by atoms with van der Waals surface area (Å²) in [5, 5.41) is 0. The standard InChI is InChI=1S/C20H22N2O2/c1-14-6-7-17(13-22-14)20-16(5-4-10-21-20)11-15-8-9-18(23-2)12-19(15)24-3/h6-9,11-13H,4-5,10H2,1-3H3/b16-11+. The Morgan fingerprint density at radius 3 is 2.67 bits per heavy atom.